The van der Waals surface area contributed by atoms with Gasteiger partial charge in [0.1, 0.15) is 0 Å². The van der Waals surface area contributed by atoms with Gasteiger partial charge in [-0.25, -0.2) is 13.1 Å². The van der Waals surface area contributed by atoms with Crippen LogP contribution in [0.3, 0.4) is 0 Å². The zero-order valence-electron chi connectivity index (χ0n) is 12.6. The molecule has 1 unspecified atom stereocenters. The molecule has 0 amide bonds. The van der Waals surface area contributed by atoms with Gasteiger partial charge in [-0.2, -0.15) is 0 Å². The van der Waals surface area contributed by atoms with Crippen LogP contribution in [0.1, 0.15) is 50.7 Å². The van der Waals surface area contributed by atoms with E-state index >= 15 is 0 Å². The van der Waals surface area contributed by atoms with E-state index in [-0.39, 0.29) is 6.04 Å². The molecule has 5 heteroatoms. The van der Waals surface area contributed by atoms with E-state index in [0.29, 0.717) is 11.4 Å². The monoisotopic (exact) mass is 298 g/mol. The smallest absolute Gasteiger partial charge is 0.240 e. The molecule has 0 aliphatic carbocycles. The van der Waals surface area contributed by atoms with E-state index < -0.39 is 10.0 Å². The van der Waals surface area contributed by atoms with E-state index in [9.17, 15) is 8.42 Å². The summed E-state index contributed by atoms with van der Waals surface area (Å²) >= 11 is 0. The van der Waals surface area contributed by atoms with Crippen LogP contribution in [-0.4, -0.2) is 14.5 Å². The van der Waals surface area contributed by atoms with Crippen LogP contribution in [0.15, 0.2) is 23.1 Å². The Morgan fingerprint density at radius 1 is 1.30 bits per heavy atom. The number of nitrogens with two attached hydrogens (primary N) is 1. The summed E-state index contributed by atoms with van der Waals surface area (Å²) in [5.74, 6) is 0. The van der Waals surface area contributed by atoms with Crippen LogP contribution in [0, 0.1) is 6.92 Å². The van der Waals surface area contributed by atoms with Gasteiger partial charge in [-0.3, -0.25) is 0 Å². The maximum Gasteiger partial charge on any atom is 0.240 e. The van der Waals surface area contributed by atoms with Crippen molar-refractivity contribution in [2.45, 2.75) is 63.9 Å². The first-order valence-corrected chi connectivity index (χ1v) is 8.71. The molecule has 1 aromatic carbocycles. The van der Waals surface area contributed by atoms with Crippen molar-refractivity contribution >= 4 is 10.0 Å². The first kappa shape index (κ1) is 17.1. The summed E-state index contributed by atoms with van der Waals surface area (Å²) in [4.78, 5) is 0.297. The molecule has 0 saturated heterocycles. The summed E-state index contributed by atoms with van der Waals surface area (Å²) in [6.07, 6.45) is 4.18. The number of rotatable bonds is 8. The second kappa shape index (κ2) is 7.76. The summed E-state index contributed by atoms with van der Waals surface area (Å²) in [6, 6.07) is 5.05. The summed E-state index contributed by atoms with van der Waals surface area (Å²) in [5, 5.41) is 0. The molecule has 0 bridgehead atoms. The van der Waals surface area contributed by atoms with Crippen molar-refractivity contribution in [3.63, 3.8) is 0 Å². The van der Waals surface area contributed by atoms with Crippen molar-refractivity contribution in [3.8, 4) is 0 Å². The highest BCUT2D eigenvalue weighted by Gasteiger charge is 2.17. The Hall–Kier alpha value is -0.910. The standard InChI is InChI=1S/C15H26N2O2S/c1-4-5-6-7-13(3)17-20(18,19)15-9-8-12(2)14(10-15)11-16/h8-10,13,17H,4-7,11,16H2,1-3H3. The van der Waals surface area contributed by atoms with Crippen LogP contribution in [0.5, 0.6) is 0 Å². The lowest BCUT2D eigenvalue weighted by Crippen LogP contribution is -2.32. The second-order valence-corrected chi connectivity index (χ2v) is 7.02. The molecule has 0 fully saturated rings. The molecule has 1 aromatic rings. The Balaban J connectivity index is 2.78. The Kier molecular flexibility index (Phi) is 6.65. The minimum atomic E-state index is -3.45. The Morgan fingerprint density at radius 2 is 2.00 bits per heavy atom. The maximum absolute atomic E-state index is 12.3. The first-order valence-electron chi connectivity index (χ1n) is 7.22. The van der Waals surface area contributed by atoms with Crippen molar-refractivity contribution in [2.75, 3.05) is 0 Å². The number of sulfonamides is 1. The van der Waals surface area contributed by atoms with Gasteiger partial charge in [-0.15, -0.1) is 0 Å². The molecule has 0 aliphatic rings. The van der Waals surface area contributed by atoms with Crippen LogP contribution < -0.4 is 10.5 Å². The summed E-state index contributed by atoms with van der Waals surface area (Å²) in [7, 11) is -3.45. The van der Waals surface area contributed by atoms with Gasteiger partial charge in [0, 0.05) is 12.6 Å². The molecule has 114 valence electrons. The van der Waals surface area contributed by atoms with Crippen molar-refractivity contribution in [1.82, 2.24) is 4.72 Å². The van der Waals surface area contributed by atoms with Crippen LogP contribution in [0.25, 0.3) is 0 Å². The van der Waals surface area contributed by atoms with Gasteiger partial charge in [0.05, 0.1) is 4.90 Å². The van der Waals surface area contributed by atoms with Crippen LogP contribution >= 0.6 is 0 Å². The lowest BCUT2D eigenvalue weighted by molar-refractivity contribution is 0.527. The fourth-order valence-electron chi connectivity index (χ4n) is 2.13. The van der Waals surface area contributed by atoms with E-state index in [2.05, 4.69) is 11.6 Å². The molecule has 0 saturated carbocycles. The highest BCUT2D eigenvalue weighted by Crippen LogP contribution is 2.16. The van der Waals surface area contributed by atoms with E-state index in [1.54, 1.807) is 18.2 Å². The molecule has 4 nitrogen and oxygen atoms in total. The molecule has 1 atom stereocenters. The highest BCUT2D eigenvalue weighted by molar-refractivity contribution is 7.89. The van der Waals surface area contributed by atoms with Gasteiger partial charge in [-0.05, 0) is 43.5 Å². The lowest BCUT2D eigenvalue weighted by atomic mass is 10.1. The number of benzene rings is 1. The average molecular weight is 298 g/mol. The van der Waals surface area contributed by atoms with E-state index in [4.69, 9.17) is 5.73 Å². The van der Waals surface area contributed by atoms with Gasteiger partial charge in [-0.1, -0.05) is 32.3 Å². The first-order chi connectivity index (χ1) is 9.40. The number of hydrogen-bond acceptors (Lipinski definition) is 3. The minimum Gasteiger partial charge on any atom is -0.326 e. The topological polar surface area (TPSA) is 72.2 Å². The van der Waals surface area contributed by atoms with Crippen LogP contribution in [0.2, 0.25) is 0 Å². The van der Waals surface area contributed by atoms with E-state index in [1.807, 2.05) is 13.8 Å². The molecule has 0 spiro atoms. The number of aryl methyl sites for hydroxylation is 1. The minimum absolute atomic E-state index is 0.0471. The molecule has 1 rings (SSSR count). The molecule has 0 heterocycles. The van der Waals surface area contributed by atoms with E-state index in [1.165, 1.54) is 0 Å². The average Bonchev–Trinajstić information content (AvgIpc) is 2.38. The molecular formula is C15H26N2O2S. The molecule has 0 radical (unpaired) electrons. The van der Waals surface area contributed by atoms with Crippen LogP contribution in [0.4, 0.5) is 0 Å². The van der Waals surface area contributed by atoms with Gasteiger partial charge in [0.15, 0.2) is 0 Å². The van der Waals surface area contributed by atoms with Crippen molar-refractivity contribution < 1.29 is 8.42 Å². The summed E-state index contributed by atoms with van der Waals surface area (Å²) in [6.45, 7) is 6.32. The molecule has 20 heavy (non-hydrogen) atoms. The Morgan fingerprint density at radius 3 is 2.60 bits per heavy atom. The maximum atomic E-state index is 12.3. The predicted octanol–water partition coefficient (Wildman–Crippen LogP) is 2.70. The van der Waals surface area contributed by atoms with Crippen molar-refractivity contribution in [2.24, 2.45) is 5.73 Å². The zero-order chi connectivity index (χ0) is 15.2. The number of nitrogens with one attached hydrogen (secondary N) is 1. The number of hydrogen-bond donors (Lipinski definition) is 2. The Labute approximate surface area is 122 Å². The van der Waals surface area contributed by atoms with Gasteiger partial charge >= 0.3 is 0 Å². The third-order valence-electron chi connectivity index (χ3n) is 3.45. The quantitative estimate of drug-likeness (QED) is 0.725. The van der Waals surface area contributed by atoms with Crippen LogP contribution in [-0.2, 0) is 16.6 Å². The SMILES string of the molecule is CCCCCC(C)NS(=O)(=O)c1ccc(C)c(CN)c1. The van der Waals surface area contributed by atoms with Gasteiger partial charge in [0.2, 0.25) is 10.0 Å². The molecule has 3 N–H and O–H groups in total. The van der Waals surface area contributed by atoms with Crippen molar-refractivity contribution in [3.05, 3.63) is 29.3 Å². The fourth-order valence-corrected chi connectivity index (χ4v) is 3.46. The fraction of sp³-hybridized carbons (Fsp3) is 0.600. The van der Waals surface area contributed by atoms with Crippen molar-refractivity contribution in [1.29, 1.82) is 0 Å². The molecule has 0 aromatic heterocycles. The predicted molar refractivity (Wildman–Crippen MR) is 83.0 cm³/mol. The summed E-state index contributed by atoms with van der Waals surface area (Å²) < 4.78 is 27.3. The van der Waals surface area contributed by atoms with Gasteiger partial charge in [0.25, 0.3) is 0 Å². The number of unbranched alkanes of at least 4 members (excludes halogenated alkanes) is 2. The van der Waals surface area contributed by atoms with Gasteiger partial charge < -0.3 is 5.73 Å². The molecular weight excluding hydrogens is 272 g/mol. The van der Waals surface area contributed by atoms with E-state index in [0.717, 1.165) is 36.8 Å². The third-order valence-corrected chi connectivity index (χ3v) is 5.04. The Bertz CT molecular complexity index is 527. The molecule has 0 aliphatic heterocycles. The largest absolute Gasteiger partial charge is 0.326 e. The highest BCUT2D eigenvalue weighted by atomic mass is 32.2. The lowest BCUT2D eigenvalue weighted by Gasteiger charge is -2.15. The normalized spacial score (nSPS) is 13.4. The summed E-state index contributed by atoms with van der Waals surface area (Å²) in [5.41, 5.74) is 7.51. The zero-order valence-corrected chi connectivity index (χ0v) is 13.5. The third kappa shape index (κ3) is 4.89. The second-order valence-electron chi connectivity index (χ2n) is 5.31.